The minimum atomic E-state index is 0.366. The predicted octanol–water partition coefficient (Wildman–Crippen LogP) is 3.50. The Morgan fingerprint density at radius 3 is 2.81 bits per heavy atom. The van der Waals surface area contributed by atoms with E-state index in [1.54, 1.807) is 7.05 Å². The first-order valence-electron chi connectivity index (χ1n) is 8.98. The highest BCUT2D eigenvalue weighted by molar-refractivity contribution is 9.10. The highest BCUT2D eigenvalue weighted by Gasteiger charge is 2.23. The van der Waals surface area contributed by atoms with Gasteiger partial charge in [0.05, 0.1) is 12.2 Å². The summed E-state index contributed by atoms with van der Waals surface area (Å²) in [7, 11) is 1.79. The zero-order valence-corrected chi connectivity index (χ0v) is 17.1. The molecule has 1 unspecified atom stereocenters. The largest absolute Gasteiger partial charge is 0.369 e. The van der Waals surface area contributed by atoms with E-state index in [-0.39, 0.29) is 0 Å². The van der Waals surface area contributed by atoms with Crippen LogP contribution in [0.15, 0.2) is 44.3 Å². The van der Waals surface area contributed by atoms with Gasteiger partial charge in [-0.25, -0.2) is 0 Å². The van der Waals surface area contributed by atoms with Crippen LogP contribution in [-0.2, 0) is 6.54 Å². The standard InChI is InChI=1S/C19H26BrN5O/c1-13(2)18-10-17(26-24-18)11-22-19(21-3)23-15-8-9-25(12-15)16-6-4-14(20)5-7-16/h4-7,10,13,15H,8-9,11-12H2,1-3H3,(H2,21,22,23). The van der Waals surface area contributed by atoms with Crippen molar-refractivity contribution in [3.63, 3.8) is 0 Å². The molecule has 0 saturated carbocycles. The highest BCUT2D eigenvalue weighted by Crippen LogP contribution is 2.22. The third-order valence-corrected chi connectivity index (χ3v) is 5.07. The summed E-state index contributed by atoms with van der Waals surface area (Å²) in [6.45, 7) is 6.78. The molecule has 1 aliphatic rings. The second-order valence-electron chi connectivity index (χ2n) is 6.85. The number of rotatable bonds is 5. The van der Waals surface area contributed by atoms with Crippen molar-refractivity contribution >= 4 is 27.6 Å². The Bertz CT molecular complexity index is 741. The Kier molecular flexibility index (Phi) is 6.19. The molecule has 26 heavy (non-hydrogen) atoms. The molecule has 140 valence electrons. The SMILES string of the molecule is CN=C(NCc1cc(C(C)C)no1)NC1CCN(c2ccc(Br)cc2)C1. The summed E-state index contributed by atoms with van der Waals surface area (Å²) in [5.41, 5.74) is 2.23. The molecule has 1 atom stereocenters. The maximum absolute atomic E-state index is 5.37. The number of nitrogens with one attached hydrogen (secondary N) is 2. The molecule has 2 heterocycles. The molecule has 1 fully saturated rings. The van der Waals surface area contributed by atoms with Crippen LogP contribution in [0.5, 0.6) is 0 Å². The summed E-state index contributed by atoms with van der Waals surface area (Å²) in [6.07, 6.45) is 1.08. The minimum Gasteiger partial charge on any atom is -0.369 e. The average molecular weight is 420 g/mol. The van der Waals surface area contributed by atoms with Crippen LogP contribution >= 0.6 is 15.9 Å². The molecule has 6 nitrogen and oxygen atoms in total. The molecular formula is C19H26BrN5O. The number of benzene rings is 1. The number of guanidine groups is 1. The van der Waals surface area contributed by atoms with Crippen molar-refractivity contribution in [3.05, 3.63) is 46.3 Å². The van der Waals surface area contributed by atoms with Crippen molar-refractivity contribution in [3.8, 4) is 0 Å². The maximum Gasteiger partial charge on any atom is 0.191 e. The van der Waals surface area contributed by atoms with Crippen LogP contribution in [0.4, 0.5) is 5.69 Å². The van der Waals surface area contributed by atoms with Gasteiger partial charge >= 0.3 is 0 Å². The Morgan fingerprint density at radius 2 is 2.15 bits per heavy atom. The Morgan fingerprint density at radius 1 is 1.38 bits per heavy atom. The third kappa shape index (κ3) is 4.78. The van der Waals surface area contributed by atoms with Crippen LogP contribution in [0.1, 0.15) is 37.6 Å². The Labute approximate surface area is 163 Å². The molecule has 3 rings (SSSR count). The normalized spacial score (nSPS) is 17.8. The van der Waals surface area contributed by atoms with Gasteiger partial charge in [0.1, 0.15) is 0 Å². The van der Waals surface area contributed by atoms with E-state index in [9.17, 15) is 0 Å². The third-order valence-electron chi connectivity index (χ3n) is 4.54. The molecule has 1 aromatic carbocycles. The molecule has 1 aromatic heterocycles. The number of hydrogen-bond acceptors (Lipinski definition) is 4. The smallest absolute Gasteiger partial charge is 0.191 e. The summed E-state index contributed by atoms with van der Waals surface area (Å²) in [4.78, 5) is 6.72. The molecule has 0 spiro atoms. The molecule has 0 aliphatic carbocycles. The number of halogens is 1. The van der Waals surface area contributed by atoms with Gasteiger partial charge in [0.25, 0.3) is 0 Å². The molecule has 1 aliphatic heterocycles. The molecule has 0 radical (unpaired) electrons. The average Bonchev–Trinajstić information content (AvgIpc) is 3.29. The lowest BCUT2D eigenvalue weighted by Gasteiger charge is -2.20. The summed E-state index contributed by atoms with van der Waals surface area (Å²) >= 11 is 3.49. The van der Waals surface area contributed by atoms with E-state index in [1.807, 2.05) is 6.07 Å². The van der Waals surface area contributed by atoms with Gasteiger partial charge in [-0.05, 0) is 36.6 Å². The molecule has 0 amide bonds. The van der Waals surface area contributed by atoms with E-state index in [2.05, 4.69) is 79.7 Å². The van der Waals surface area contributed by atoms with Crippen molar-refractivity contribution in [2.24, 2.45) is 4.99 Å². The minimum absolute atomic E-state index is 0.366. The number of nitrogens with zero attached hydrogens (tertiary/aromatic N) is 3. The second-order valence-corrected chi connectivity index (χ2v) is 7.77. The molecule has 7 heteroatoms. The predicted molar refractivity (Wildman–Crippen MR) is 109 cm³/mol. The van der Waals surface area contributed by atoms with E-state index >= 15 is 0 Å². The van der Waals surface area contributed by atoms with Gasteiger partial charge in [-0.1, -0.05) is 34.9 Å². The first-order chi connectivity index (χ1) is 12.5. The number of hydrogen-bond donors (Lipinski definition) is 2. The van der Waals surface area contributed by atoms with Gasteiger partial charge in [-0.3, -0.25) is 4.99 Å². The Balaban J connectivity index is 1.50. The van der Waals surface area contributed by atoms with E-state index < -0.39 is 0 Å². The zero-order chi connectivity index (χ0) is 18.5. The summed E-state index contributed by atoms with van der Waals surface area (Å²) in [5, 5.41) is 10.9. The van der Waals surface area contributed by atoms with Crippen molar-refractivity contribution in [1.29, 1.82) is 0 Å². The number of aromatic nitrogens is 1. The molecule has 2 aromatic rings. The summed E-state index contributed by atoms with van der Waals surface area (Å²) < 4.78 is 6.47. The van der Waals surface area contributed by atoms with E-state index in [1.165, 1.54) is 5.69 Å². The van der Waals surface area contributed by atoms with E-state index in [4.69, 9.17) is 4.52 Å². The van der Waals surface area contributed by atoms with Gasteiger partial charge in [0, 0.05) is 42.4 Å². The number of aliphatic imine (C=N–C) groups is 1. The van der Waals surface area contributed by atoms with Gasteiger partial charge in [0.2, 0.25) is 0 Å². The first-order valence-corrected chi connectivity index (χ1v) is 9.77. The number of anilines is 1. The monoisotopic (exact) mass is 419 g/mol. The lowest BCUT2D eigenvalue weighted by molar-refractivity contribution is 0.371. The Hall–Kier alpha value is -2.02. The molecule has 0 bridgehead atoms. The van der Waals surface area contributed by atoms with Crippen LogP contribution in [0.25, 0.3) is 0 Å². The molecule has 2 N–H and O–H groups in total. The van der Waals surface area contributed by atoms with E-state index in [0.29, 0.717) is 18.5 Å². The van der Waals surface area contributed by atoms with Crippen molar-refractivity contribution in [2.45, 2.75) is 38.8 Å². The van der Waals surface area contributed by atoms with Gasteiger partial charge < -0.3 is 20.1 Å². The van der Waals surface area contributed by atoms with Crippen LogP contribution in [0.3, 0.4) is 0 Å². The summed E-state index contributed by atoms with van der Waals surface area (Å²) in [5.74, 6) is 1.97. The highest BCUT2D eigenvalue weighted by atomic mass is 79.9. The molecular weight excluding hydrogens is 394 g/mol. The fraction of sp³-hybridized carbons (Fsp3) is 0.474. The van der Waals surface area contributed by atoms with Crippen molar-refractivity contribution in [2.75, 3.05) is 25.0 Å². The van der Waals surface area contributed by atoms with Crippen LogP contribution in [0, 0.1) is 0 Å². The van der Waals surface area contributed by atoms with Crippen molar-refractivity contribution < 1.29 is 4.52 Å². The first kappa shape index (κ1) is 18.8. The van der Waals surface area contributed by atoms with Crippen molar-refractivity contribution in [1.82, 2.24) is 15.8 Å². The fourth-order valence-electron chi connectivity index (χ4n) is 3.01. The van der Waals surface area contributed by atoms with Crippen LogP contribution in [0.2, 0.25) is 0 Å². The fourth-order valence-corrected chi connectivity index (χ4v) is 3.27. The quantitative estimate of drug-likeness (QED) is 0.573. The lowest BCUT2D eigenvalue weighted by Crippen LogP contribution is -2.44. The topological polar surface area (TPSA) is 65.7 Å². The van der Waals surface area contributed by atoms with E-state index in [0.717, 1.165) is 41.4 Å². The summed E-state index contributed by atoms with van der Waals surface area (Å²) in [6, 6.07) is 10.8. The van der Waals surface area contributed by atoms with Crippen LogP contribution < -0.4 is 15.5 Å². The zero-order valence-electron chi connectivity index (χ0n) is 15.5. The molecule has 1 saturated heterocycles. The maximum atomic E-state index is 5.37. The lowest BCUT2D eigenvalue weighted by atomic mass is 10.1. The van der Waals surface area contributed by atoms with Crippen LogP contribution in [-0.4, -0.2) is 37.3 Å². The second kappa shape index (κ2) is 8.58. The van der Waals surface area contributed by atoms with Gasteiger partial charge in [-0.2, -0.15) is 0 Å². The van der Waals surface area contributed by atoms with Gasteiger partial charge in [0.15, 0.2) is 11.7 Å². The van der Waals surface area contributed by atoms with Gasteiger partial charge in [-0.15, -0.1) is 0 Å².